The summed E-state index contributed by atoms with van der Waals surface area (Å²) in [6.45, 7) is 4.08. The molecule has 1 N–H and O–H groups in total. The van der Waals surface area contributed by atoms with Crippen LogP contribution >= 0.6 is 11.3 Å². The van der Waals surface area contributed by atoms with Gasteiger partial charge in [-0.1, -0.05) is 59.9 Å². The van der Waals surface area contributed by atoms with Gasteiger partial charge in [-0.25, -0.2) is 0 Å². The van der Waals surface area contributed by atoms with Gasteiger partial charge in [0, 0.05) is 55.4 Å². The topological polar surface area (TPSA) is 39.3 Å². The Kier molecular flexibility index (Phi) is 5.18. The number of H-pyrrole nitrogens is 1. The molecule has 2 heterocycles. The smallest absolute Gasteiger partial charge is 0.304 e. The molecule has 1 fully saturated rings. The summed E-state index contributed by atoms with van der Waals surface area (Å²) in [7, 11) is 0. The van der Waals surface area contributed by atoms with Gasteiger partial charge in [-0.2, -0.15) is 0 Å². The minimum Gasteiger partial charge on any atom is -0.369 e. The first kappa shape index (κ1) is 17.1. The Morgan fingerprint density at radius 3 is 2.19 bits per heavy atom. The Labute approximate surface area is 157 Å². The van der Waals surface area contributed by atoms with E-state index in [1.165, 1.54) is 22.6 Å². The van der Waals surface area contributed by atoms with Crippen molar-refractivity contribution in [3.05, 3.63) is 87.0 Å². The number of para-hydroxylation sites is 1. The number of hydrogen-bond donors (Lipinski definition) is 1. The van der Waals surface area contributed by atoms with Crippen molar-refractivity contribution in [3.8, 4) is 0 Å². The molecule has 1 unspecified atom stereocenters. The lowest BCUT2D eigenvalue weighted by Gasteiger charge is -2.40. The molecular formula is C21H23N3OS. The highest BCUT2D eigenvalue weighted by Gasteiger charge is 2.25. The highest BCUT2D eigenvalue weighted by atomic mass is 32.1. The molecule has 0 saturated carbocycles. The summed E-state index contributed by atoms with van der Waals surface area (Å²) in [4.78, 5) is 19.5. The number of aromatic nitrogens is 1. The van der Waals surface area contributed by atoms with Crippen molar-refractivity contribution < 1.29 is 0 Å². The van der Waals surface area contributed by atoms with E-state index in [-0.39, 0.29) is 4.87 Å². The van der Waals surface area contributed by atoms with E-state index in [1.54, 1.807) is 0 Å². The van der Waals surface area contributed by atoms with E-state index in [4.69, 9.17) is 0 Å². The van der Waals surface area contributed by atoms with Gasteiger partial charge in [-0.05, 0) is 17.7 Å². The summed E-state index contributed by atoms with van der Waals surface area (Å²) in [5.41, 5.74) is 3.64. The van der Waals surface area contributed by atoms with Crippen LogP contribution in [-0.2, 0) is 6.42 Å². The molecule has 0 amide bonds. The van der Waals surface area contributed by atoms with E-state index in [1.807, 2.05) is 5.38 Å². The summed E-state index contributed by atoms with van der Waals surface area (Å²) in [6.07, 6.45) is 0.841. The van der Waals surface area contributed by atoms with Crippen molar-refractivity contribution >= 4 is 17.0 Å². The minimum atomic E-state index is 0.0284. The first-order valence-corrected chi connectivity index (χ1v) is 9.93. The van der Waals surface area contributed by atoms with E-state index in [0.717, 1.165) is 38.3 Å². The zero-order chi connectivity index (χ0) is 17.8. The first-order chi connectivity index (χ1) is 12.8. The zero-order valence-corrected chi connectivity index (χ0v) is 15.5. The van der Waals surface area contributed by atoms with Crippen molar-refractivity contribution in [2.75, 3.05) is 31.1 Å². The van der Waals surface area contributed by atoms with Gasteiger partial charge in [0.05, 0.1) is 0 Å². The molecule has 0 aliphatic carbocycles. The predicted molar refractivity (Wildman–Crippen MR) is 108 cm³/mol. The molecule has 0 spiro atoms. The molecule has 4 rings (SSSR count). The van der Waals surface area contributed by atoms with E-state index in [2.05, 4.69) is 75.4 Å². The Hall–Kier alpha value is -2.37. The second-order valence-corrected chi connectivity index (χ2v) is 7.50. The zero-order valence-electron chi connectivity index (χ0n) is 14.7. The SMILES string of the molecule is O=c1[nH]c(CC(c2ccccc2)N2CCN(c3ccccc3)CC2)cs1. The van der Waals surface area contributed by atoms with Crippen molar-refractivity contribution in [3.63, 3.8) is 0 Å². The molecule has 0 bridgehead atoms. The van der Waals surface area contributed by atoms with Crippen LogP contribution < -0.4 is 9.77 Å². The van der Waals surface area contributed by atoms with Crippen LogP contribution in [0, 0.1) is 0 Å². The first-order valence-electron chi connectivity index (χ1n) is 9.05. The van der Waals surface area contributed by atoms with E-state index >= 15 is 0 Å². The van der Waals surface area contributed by atoms with E-state index < -0.39 is 0 Å². The Balaban J connectivity index is 1.50. The maximum absolute atomic E-state index is 11.5. The number of benzene rings is 2. The number of anilines is 1. The number of nitrogens with zero attached hydrogens (tertiary/aromatic N) is 2. The fraction of sp³-hybridized carbons (Fsp3) is 0.286. The quantitative estimate of drug-likeness (QED) is 0.752. The standard InChI is InChI=1S/C21H23N3OS/c25-21-22-18(16-26-21)15-20(17-7-3-1-4-8-17)24-13-11-23(12-14-24)19-9-5-2-6-10-19/h1-10,16,20H,11-15H2,(H,22,25). The third-order valence-electron chi connectivity index (χ3n) is 5.04. The van der Waals surface area contributed by atoms with E-state index in [0.29, 0.717) is 6.04 Å². The molecule has 1 aromatic heterocycles. The van der Waals surface area contributed by atoms with Crippen LogP contribution in [0.15, 0.2) is 70.8 Å². The second kappa shape index (κ2) is 7.89. The molecule has 4 nitrogen and oxygen atoms in total. The highest BCUT2D eigenvalue weighted by molar-refractivity contribution is 7.07. The number of aromatic amines is 1. The molecule has 2 aromatic carbocycles. The molecule has 134 valence electrons. The maximum Gasteiger partial charge on any atom is 0.304 e. The fourth-order valence-corrected chi connectivity index (χ4v) is 4.28. The second-order valence-electron chi connectivity index (χ2n) is 6.66. The Morgan fingerprint density at radius 1 is 0.923 bits per heavy atom. The van der Waals surface area contributed by atoms with Crippen LogP contribution in [0.3, 0.4) is 0 Å². The average Bonchev–Trinajstić information content (AvgIpc) is 3.13. The number of thiazole rings is 1. The molecule has 1 aliphatic heterocycles. The summed E-state index contributed by atoms with van der Waals surface area (Å²) < 4.78 is 0. The van der Waals surface area contributed by atoms with E-state index in [9.17, 15) is 4.79 Å². The van der Waals surface area contributed by atoms with Gasteiger partial charge in [0.15, 0.2) is 0 Å². The largest absolute Gasteiger partial charge is 0.369 e. The summed E-state index contributed by atoms with van der Waals surface area (Å²) in [5, 5.41) is 1.96. The molecule has 0 radical (unpaired) electrons. The van der Waals surface area contributed by atoms with Gasteiger partial charge in [-0.3, -0.25) is 9.69 Å². The van der Waals surface area contributed by atoms with Gasteiger partial charge in [0.25, 0.3) is 0 Å². The summed E-state index contributed by atoms with van der Waals surface area (Å²) >= 11 is 1.25. The van der Waals surface area contributed by atoms with Crippen molar-refractivity contribution in [1.29, 1.82) is 0 Å². The van der Waals surface area contributed by atoms with Crippen molar-refractivity contribution in [2.24, 2.45) is 0 Å². The van der Waals surface area contributed by atoms with Crippen molar-refractivity contribution in [2.45, 2.75) is 12.5 Å². The van der Waals surface area contributed by atoms with Gasteiger partial charge in [-0.15, -0.1) is 0 Å². The lowest BCUT2D eigenvalue weighted by molar-refractivity contribution is 0.183. The molecule has 3 aromatic rings. The van der Waals surface area contributed by atoms with Crippen LogP contribution in [-0.4, -0.2) is 36.1 Å². The Morgan fingerprint density at radius 2 is 1.58 bits per heavy atom. The normalized spacial score (nSPS) is 16.5. The molecule has 1 atom stereocenters. The monoisotopic (exact) mass is 365 g/mol. The predicted octanol–water partition coefficient (Wildman–Crippen LogP) is 3.54. The van der Waals surface area contributed by atoms with Gasteiger partial charge in [0.2, 0.25) is 0 Å². The lowest BCUT2D eigenvalue weighted by atomic mass is 9.99. The van der Waals surface area contributed by atoms with Crippen LogP contribution in [0.1, 0.15) is 17.3 Å². The average molecular weight is 366 g/mol. The Bertz CT molecular complexity index is 867. The van der Waals surface area contributed by atoms with Gasteiger partial charge >= 0.3 is 4.87 Å². The molecule has 5 heteroatoms. The lowest BCUT2D eigenvalue weighted by Crippen LogP contribution is -2.48. The summed E-state index contributed by atoms with van der Waals surface area (Å²) in [5.74, 6) is 0. The summed E-state index contributed by atoms with van der Waals surface area (Å²) in [6, 6.07) is 21.5. The van der Waals surface area contributed by atoms with Crippen LogP contribution in [0.2, 0.25) is 0 Å². The number of hydrogen-bond acceptors (Lipinski definition) is 4. The van der Waals surface area contributed by atoms with Gasteiger partial charge in [0.1, 0.15) is 0 Å². The van der Waals surface area contributed by atoms with Crippen LogP contribution in [0.5, 0.6) is 0 Å². The number of rotatable bonds is 5. The minimum absolute atomic E-state index is 0.0284. The van der Waals surface area contributed by atoms with Crippen LogP contribution in [0.4, 0.5) is 5.69 Å². The molecular weight excluding hydrogens is 342 g/mol. The maximum atomic E-state index is 11.5. The number of piperazine rings is 1. The van der Waals surface area contributed by atoms with Gasteiger partial charge < -0.3 is 9.88 Å². The number of nitrogens with one attached hydrogen (secondary N) is 1. The third kappa shape index (κ3) is 3.89. The molecule has 1 aliphatic rings. The highest BCUT2D eigenvalue weighted by Crippen LogP contribution is 2.27. The fourth-order valence-electron chi connectivity index (χ4n) is 3.69. The van der Waals surface area contributed by atoms with Crippen molar-refractivity contribution in [1.82, 2.24) is 9.88 Å². The third-order valence-corrected chi connectivity index (χ3v) is 5.76. The molecule has 26 heavy (non-hydrogen) atoms. The molecule has 1 saturated heterocycles. The van der Waals surface area contributed by atoms with Crippen LogP contribution in [0.25, 0.3) is 0 Å².